The lowest BCUT2D eigenvalue weighted by molar-refractivity contribution is -0.144. The van der Waals surface area contributed by atoms with Gasteiger partial charge in [0.1, 0.15) is 11.8 Å². The number of amides is 1. The Kier molecular flexibility index (Phi) is 4.76. The predicted molar refractivity (Wildman–Crippen MR) is 96.0 cm³/mol. The number of esters is 1. The molecule has 0 radical (unpaired) electrons. The third kappa shape index (κ3) is 3.11. The first-order chi connectivity index (χ1) is 12.0. The molecule has 0 saturated heterocycles. The summed E-state index contributed by atoms with van der Waals surface area (Å²) in [7, 11) is 1.32. The van der Waals surface area contributed by atoms with Gasteiger partial charge in [-0.05, 0) is 38.5 Å². The standard InChI is InChI=1S/C18H20N2O4S/c1-5-15-17(21)20(10(2)18(22)23-4)14-8-12(6-7-16(14)24-15)13-9-25-11(3)19-13/h6-10,15H,5H2,1-4H3. The molecule has 2 unspecified atom stereocenters. The van der Waals surface area contributed by atoms with E-state index in [4.69, 9.17) is 9.47 Å². The van der Waals surface area contributed by atoms with Crippen LogP contribution in [0, 0.1) is 6.92 Å². The Morgan fingerprint density at radius 3 is 2.84 bits per heavy atom. The number of ether oxygens (including phenoxy) is 2. The van der Waals surface area contributed by atoms with E-state index < -0.39 is 18.1 Å². The molecule has 0 fully saturated rings. The van der Waals surface area contributed by atoms with E-state index in [2.05, 4.69) is 4.98 Å². The maximum absolute atomic E-state index is 12.8. The van der Waals surface area contributed by atoms with Crippen LogP contribution in [0.4, 0.5) is 5.69 Å². The molecule has 0 N–H and O–H groups in total. The van der Waals surface area contributed by atoms with Crippen molar-refractivity contribution in [1.82, 2.24) is 4.98 Å². The van der Waals surface area contributed by atoms with Gasteiger partial charge in [-0.3, -0.25) is 9.69 Å². The molecular weight excluding hydrogens is 340 g/mol. The third-order valence-corrected chi connectivity index (χ3v) is 4.99. The van der Waals surface area contributed by atoms with Gasteiger partial charge in [0, 0.05) is 10.9 Å². The van der Waals surface area contributed by atoms with Crippen molar-refractivity contribution in [1.29, 1.82) is 0 Å². The number of nitrogens with zero attached hydrogens (tertiary/aromatic N) is 2. The maximum Gasteiger partial charge on any atom is 0.328 e. The van der Waals surface area contributed by atoms with E-state index in [1.807, 2.05) is 37.4 Å². The van der Waals surface area contributed by atoms with Crippen LogP contribution in [0.15, 0.2) is 23.6 Å². The van der Waals surface area contributed by atoms with E-state index in [1.54, 1.807) is 18.3 Å². The van der Waals surface area contributed by atoms with Gasteiger partial charge in [0.05, 0.1) is 23.5 Å². The number of anilines is 1. The lowest BCUT2D eigenvalue weighted by Crippen LogP contribution is -2.52. The van der Waals surface area contributed by atoms with Gasteiger partial charge in [-0.2, -0.15) is 0 Å². The largest absolute Gasteiger partial charge is 0.478 e. The van der Waals surface area contributed by atoms with Crippen molar-refractivity contribution in [3.05, 3.63) is 28.6 Å². The minimum Gasteiger partial charge on any atom is -0.478 e. The fraction of sp³-hybridized carbons (Fsp3) is 0.389. The van der Waals surface area contributed by atoms with Crippen LogP contribution >= 0.6 is 11.3 Å². The smallest absolute Gasteiger partial charge is 0.328 e. The number of aryl methyl sites for hydroxylation is 1. The average molecular weight is 360 g/mol. The Labute approximate surface area is 150 Å². The van der Waals surface area contributed by atoms with Crippen LogP contribution in [-0.4, -0.2) is 36.1 Å². The first-order valence-corrected chi connectivity index (χ1v) is 8.98. The Morgan fingerprint density at radius 1 is 1.48 bits per heavy atom. The van der Waals surface area contributed by atoms with Crippen LogP contribution in [-0.2, 0) is 14.3 Å². The molecule has 7 heteroatoms. The molecule has 6 nitrogen and oxygen atoms in total. The SMILES string of the molecule is CCC1Oc2ccc(-c3csc(C)n3)cc2N(C(C)C(=O)OC)C1=O. The fourth-order valence-electron chi connectivity index (χ4n) is 2.87. The summed E-state index contributed by atoms with van der Waals surface area (Å²) in [4.78, 5) is 30.8. The van der Waals surface area contributed by atoms with Crippen molar-refractivity contribution in [2.24, 2.45) is 0 Å². The summed E-state index contributed by atoms with van der Waals surface area (Å²) in [6.07, 6.45) is -0.0811. The number of aromatic nitrogens is 1. The normalized spacial score (nSPS) is 17.7. The van der Waals surface area contributed by atoms with E-state index in [0.29, 0.717) is 17.9 Å². The zero-order valence-corrected chi connectivity index (χ0v) is 15.4. The van der Waals surface area contributed by atoms with Gasteiger partial charge in [0.25, 0.3) is 5.91 Å². The number of hydrogen-bond acceptors (Lipinski definition) is 6. The van der Waals surface area contributed by atoms with Crippen LogP contribution < -0.4 is 9.64 Å². The van der Waals surface area contributed by atoms with Crippen molar-refractivity contribution >= 4 is 28.9 Å². The summed E-state index contributed by atoms with van der Waals surface area (Å²) in [5, 5.41) is 2.93. The average Bonchev–Trinajstić information content (AvgIpc) is 3.06. The molecule has 132 valence electrons. The van der Waals surface area contributed by atoms with Gasteiger partial charge in [-0.15, -0.1) is 11.3 Å². The zero-order chi connectivity index (χ0) is 18.1. The second kappa shape index (κ2) is 6.84. The molecule has 1 aromatic heterocycles. The highest BCUT2D eigenvalue weighted by Gasteiger charge is 2.39. The molecule has 1 aliphatic heterocycles. The number of benzene rings is 1. The fourth-order valence-corrected chi connectivity index (χ4v) is 3.49. The van der Waals surface area contributed by atoms with Crippen LogP contribution in [0.1, 0.15) is 25.3 Å². The van der Waals surface area contributed by atoms with E-state index in [1.165, 1.54) is 12.0 Å². The van der Waals surface area contributed by atoms with Gasteiger partial charge < -0.3 is 9.47 Å². The van der Waals surface area contributed by atoms with Crippen molar-refractivity contribution < 1.29 is 19.1 Å². The molecule has 25 heavy (non-hydrogen) atoms. The molecular formula is C18H20N2O4S. The van der Waals surface area contributed by atoms with E-state index in [9.17, 15) is 9.59 Å². The summed E-state index contributed by atoms with van der Waals surface area (Å²) in [5.74, 6) is -0.122. The number of thiazole rings is 1. The van der Waals surface area contributed by atoms with E-state index in [-0.39, 0.29) is 5.91 Å². The van der Waals surface area contributed by atoms with Crippen LogP contribution in [0.5, 0.6) is 5.75 Å². The molecule has 0 aliphatic carbocycles. The molecule has 2 heterocycles. The van der Waals surface area contributed by atoms with Crippen molar-refractivity contribution in [3.8, 4) is 17.0 Å². The number of methoxy groups -OCH3 is 1. The Bertz CT molecular complexity index is 817. The molecule has 0 spiro atoms. The molecule has 1 aliphatic rings. The Morgan fingerprint density at radius 2 is 2.24 bits per heavy atom. The minimum atomic E-state index is -0.735. The first kappa shape index (κ1) is 17.4. The highest BCUT2D eigenvalue weighted by atomic mass is 32.1. The molecule has 0 bridgehead atoms. The van der Waals surface area contributed by atoms with Crippen LogP contribution in [0.25, 0.3) is 11.3 Å². The van der Waals surface area contributed by atoms with Crippen LogP contribution in [0.3, 0.4) is 0 Å². The maximum atomic E-state index is 12.8. The van der Waals surface area contributed by atoms with E-state index >= 15 is 0 Å². The molecule has 2 aromatic rings. The lowest BCUT2D eigenvalue weighted by Gasteiger charge is -2.36. The predicted octanol–water partition coefficient (Wildman–Crippen LogP) is 3.18. The number of carbonyl (C=O) groups excluding carboxylic acids is 2. The van der Waals surface area contributed by atoms with Gasteiger partial charge in [0.15, 0.2) is 6.10 Å². The summed E-state index contributed by atoms with van der Waals surface area (Å²) in [6.45, 7) is 5.48. The third-order valence-electron chi connectivity index (χ3n) is 4.22. The number of rotatable bonds is 4. The monoisotopic (exact) mass is 360 g/mol. The summed E-state index contributed by atoms with van der Waals surface area (Å²) in [5.41, 5.74) is 2.27. The second-order valence-corrected chi connectivity index (χ2v) is 6.92. The topological polar surface area (TPSA) is 68.7 Å². The molecule has 3 rings (SSSR count). The number of carbonyl (C=O) groups is 2. The number of hydrogen-bond donors (Lipinski definition) is 0. The van der Waals surface area contributed by atoms with Crippen molar-refractivity contribution in [3.63, 3.8) is 0 Å². The first-order valence-electron chi connectivity index (χ1n) is 8.10. The molecule has 2 atom stereocenters. The summed E-state index contributed by atoms with van der Waals surface area (Å²) >= 11 is 1.56. The summed E-state index contributed by atoms with van der Waals surface area (Å²) < 4.78 is 10.7. The molecule has 0 saturated carbocycles. The quantitative estimate of drug-likeness (QED) is 0.783. The Balaban J connectivity index is 2.09. The lowest BCUT2D eigenvalue weighted by atomic mass is 10.1. The highest BCUT2D eigenvalue weighted by molar-refractivity contribution is 7.09. The zero-order valence-electron chi connectivity index (χ0n) is 14.6. The number of fused-ring (bicyclic) bond motifs is 1. The Hall–Kier alpha value is -2.41. The van der Waals surface area contributed by atoms with Crippen molar-refractivity contribution in [2.75, 3.05) is 12.0 Å². The van der Waals surface area contributed by atoms with Gasteiger partial charge >= 0.3 is 5.97 Å². The van der Waals surface area contributed by atoms with Gasteiger partial charge in [-0.25, -0.2) is 9.78 Å². The molecule has 1 amide bonds. The van der Waals surface area contributed by atoms with E-state index in [0.717, 1.165) is 16.3 Å². The van der Waals surface area contributed by atoms with Gasteiger partial charge in [-0.1, -0.05) is 6.92 Å². The molecule has 1 aromatic carbocycles. The second-order valence-electron chi connectivity index (χ2n) is 5.86. The summed E-state index contributed by atoms with van der Waals surface area (Å²) in [6, 6.07) is 4.84. The highest BCUT2D eigenvalue weighted by Crippen LogP contribution is 2.39. The van der Waals surface area contributed by atoms with Crippen LogP contribution in [0.2, 0.25) is 0 Å². The van der Waals surface area contributed by atoms with Crippen molar-refractivity contribution in [2.45, 2.75) is 39.3 Å². The van der Waals surface area contributed by atoms with Gasteiger partial charge in [0.2, 0.25) is 0 Å². The minimum absolute atomic E-state index is 0.237.